The normalized spacial score (nSPS) is 16.1. The molecule has 1 aromatic heterocycles. The Hall–Kier alpha value is -2.12. The number of carboxylic acid groups (broad SMARTS) is 1. The third-order valence-electron chi connectivity index (χ3n) is 2.70. The minimum atomic E-state index is -0.997. The number of rotatable bonds is 5. The number of carbonyl (C=O) groups excluding carboxylic acids is 1. The average molecular weight is 253 g/mol. The van der Waals surface area contributed by atoms with Crippen LogP contribution in [0.15, 0.2) is 6.33 Å². The predicted octanol–water partition coefficient (Wildman–Crippen LogP) is -0.522. The molecule has 0 aliphatic heterocycles. The van der Waals surface area contributed by atoms with Gasteiger partial charge in [0.1, 0.15) is 12.4 Å². The third-order valence-corrected chi connectivity index (χ3v) is 2.70. The molecule has 0 radical (unpaired) electrons. The lowest BCUT2D eigenvalue weighted by Crippen LogP contribution is -2.47. The minimum absolute atomic E-state index is 0.0567. The van der Waals surface area contributed by atoms with Crippen molar-refractivity contribution in [1.82, 2.24) is 25.4 Å². The molecular weight excluding hydrogens is 238 g/mol. The lowest BCUT2D eigenvalue weighted by atomic mass is 10.2. The smallest absolute Gasteiger partial charge is 0.326 e. The van der Waals surface area contributed by atoms with Crippen LogP contribution in [0.4, 0.5) is 4.79 Å². The van der Waals surface area contributed by atoms with Crippen molar-refractivity contribution in [1.29, 1.82) is 0 Å². The topological polar surface area (TPSA) is 109 Å². The van der Waals surface area contributed by atoms with Crippen LogP contribution in [0.1, 0.15) is 18.7 Å². The van der Waals surface area contributed by atoms with Gasteiger partial charge in [0.25, 0.3) is 0 Å². The van der Waals surface area contributed by atoms with Gasteiger partial charge in [0.05, 0.1) is 6.54 Å². The predicted molar refractivity (Wildman–Crippen MR) is 60.5 cm³/mol. The van der Waals surface area contributed by atoms with Crippen molar-refractivity contribution in [2.75, 3.05) is 0 Å². The molecule has 1 aliphatic carbocycles. The van der Waals surface area contributed by atoms with Crippen LogP contribution in [-0.4, -0.2) is 37.9 Å². The molecule has 8 heteroatoms. The molecule has 2 rings (SSSR count). The molecule has 18 heavy (non-hydrogen) atoms. The Kier molecular flexibility index (Phi) is 3.45. The Morgan fingerprint density at radius 3 is 2.83 bits per heavy atom. The Bertz CT molecular complexity index is 454. The number of amides is 2. The number of urea groups is 1. The van der Waals surface area contributed by atoms with Crippen molar-refractivity contribution in [3.63, 3.8) is 0 Å². The summed E-state index contributed by atoms with van der Waals surface area (Å²) in [6.07, 6.45) is 3.22. The molecule has 98 valence electrons. The molecule has 2 amide bonds. The number of aryl methyl sites for hydroxylation is 1. The summed E-state index contributed by atoms with van der Waals surface area (Å²) in [6.45, 7) is 0.170. The average Bonchev–Trinajstić information content (AvgIpc) is 3.06. The summed E-state index contributed by atoms with van der Waals surface area (Å²) in [7, 11) is 1.73. The lowest BCUT2D eigenvalue weighted by Gasteiger charge is -2.13. The quantitative estimate of drug-likeness (QED) is 0.654. The number of aliphatic carboxylic acids is 1. The van der Waals surface area contributed by atoms with Gasteiger partial charge in [-0.25, -0.2) is 14.6 Å². The molecule has 1 heterocycles. The SMILES string of the molecule is Cn1cnc(CNC(=O)NC(C(=O)O)C2CC2)n1. The van der Waals surface area contributed by atoms with E-state index in [1.807, 2.05) is 0 Å². The number of nitrogens with zero attached hydrogens (tertiary/aromatic N) is 3. The summed E-state index contributed by atoms with van der Waals surface area (Å²) in [5.41, 5.74) is 0. The first-order chi connectivity index (χ1) is 8.56. The van der Waals surface area contributed by atoms with E-state index < -0.39 is 18.0 Å². The number of nitrogens with one attached hydrogen (secondary N) is 2. The van der Waals surface area contributed by atoms with Crippen LogP contribution in [0.25, 0.3) is 0 Å². The van der Waals surface area contributed by atoms with Crippen LogP contribution in [0, 0.1) is 5.92 Å². The molecule has 1 atom stereocenters. The molecular formula is C10H15N5O3. The van der Waals surface area contributed by atoms with Gasteiger partial charge in [-0.05, 0) is 18.8 Å². The van der Waals surface area contributed by atoms with E-state index in [0.29, 0.717) is 5.82 Å². The molecule has 1 aromatic rings. The van der Waals surface area contributed by atoms with Gasteiger partial charge in [-0.15, -0.1) is 0 Å². The van der Waals surface area contributed by atoms with Gasteiger partial charge in [0.2, 0.25) is 0 Å². The Balaban J connectivity index is 1.79. The second kappa shape index (κ2) is 5.03. The molecule has 3 N–H and O–H groups in total. The van der Waals surface area contributed by atoms with E-state index in [0.717, 1.165) is 12.8 Å². The van der Waals surface area contributed by atoms with E-state index in [2.05, 4.69) is 20.7 Å². The summed E-state index contributed by atoms with van der Waals surface area (Å²) in [6, 6.07) is -1.32. The first-order valence-electron chi connectivity index (χ1n) is 5.68. The van der Waals surface area contributed by atoms with E-state index in [1.54, 1.807) is 7.05 Å². The van der Waals surface area contributed by atoms with Crippen molar-refractivity contribution in [3.8, 4) is 0 Å². The van der Waals surface area contributed by atoms with Crippen molar-refractivity contribution >= 4 is 12.0 Å². The van der Waals surface area contributed by atoms with Gasteiger partial charge in [0.15, 0.2) is 5.82 Å². The Morgan fingerprint density at radius 1 is 1.61 bits per heavy atom. The summed E-state index contributed by atoms with van der Waals surface area (Å²) in [5, 5.41) is 17.9. The molecule has 1 aliphatic rings. The van der Waals surface area contributed by atoms with Gasteiger partial charge in [-0.2, -0.15) is 5.10 Å². The van der Waals surface area contributed by atoms with Gasteiger partial charge < -0.3 is 15.7 Å². The van der Waals surface area contributed by atoms with Crippen LogP contribution in [0.3, 0.4) is 0 Å². The molecule has 0 aromatic carbocycles. The fraction of sp³-hybridized carbons (Fsp3) is 0.600. The van der Waals surface area contributed by atoms with Gasteiger partial charge >= 0.3 is 12.0 Å². The highest BCUT2D eigenvalue weighted by molar-refractivity contribution is 5.82. The highest BCUT2D eigenvalue weighted by atomic mass is 16.4. The van der Waals surface area contributed by atoms with Crippen LogP contribution in [-0.2, 0) is 18.4 Å². The van der Waals surface area contributed by atoms with Crippen molar-refractivity contribution in [3.05, 3.63) is 12.2 Å². The molecule has 0 saturated heterocycles. The number of hydrogen-bond acceptors (Lipinski definition) is 4. The molecule has 0 spiro atoms. The Labute approximate surface area is 103 Å². The summed E-state index contributed by atoms with van der Waals surface area (Å²) in [4.78, 5) is 26.4. The van der Waals surface area contributed by atoms with Crippen molar-refractivity contribution < 1.29 is 14.7 Å². The van der Waals surface area contributed by atoms with E-state index >= 15 is 0 Å². The first-order valence-corrected chi connectivity index (χ1v) is 5.68. The van der Waals surface area contributed by atoms with E-state index in [1.165, 1.54) is 11.0 Å². The van der Waals surface area contributed by atoms with Crippen LogP contribution in [0.5, 0.6) is 0 Å². The maximum Gasteiger partial charge on any atom is 0.326 e. The van der Waals surface area contributed by atoms with E-state index in [9.17, 15) is 9.59 Å². The van der Waals surface area contributed by atoms with Crippen molar-refractivity contribution in [2.24, 2.45) is 13.0 Å². The van der Waals surface area contributed by atoms with Crippen LogP contribution < -0.4 is 10.6 Å². The first kappa shape index (κ1) is 12.3. The number of hydrogen-bond donors (Lipinski definition) is 3. The molecule has 8 nitrogen and oxygen atoms in total. The van der Waals surface area contributed by atoms with E-state index in [4.69, 9.17) is 5.11 Å². The zero-order valence-corrected chi connectivity index (χ0v) is 9.96. The van der Waals surface area contributed by atoms with Crippen molar-refractivity contribution in [2.45, 2.75) is 25.4 Å². The standard InChI is InChI=1S/C10H15N5O3/c1-15-5-12-7(14-15)4-11-10(18)13-8(9(16)17)6-2-3-6/h5-6,8H,2-4H2,1H3,(H,16,17)(H2,11,13,18). The molecule has 1 fully saturated rings. The number of carbonyl (C=O) groups is 2. The van der Waals surface area contributed by atoms with Crippen LogP contribution in [0.2, 0.25) is 0 Å². The summed E-state index contributed by atoms with van der Waals surface area (Å²) >= 11 is 0. The fourth-order valence-electron chi connectivity index (χ4n) is 1.63. The number of carboxylic acids is 1. The van der Waals surface area contributed by atoms with Crippen LogP contribution >= 0.6 is 0 Å². The van der Waals surface area contributed by atoms with Gasteiger partial charge in [-0.1, -0.05) is 0 Å². The minimum Gasteiger partial charge on any atom is -0.480 e. The maximum atomic E-state index is 11.5. The van der Waals surface area contributed by atoms with Gasteiger partial charge in [-0.3, -0.25) is 4.68 Å². The summed E-state index contributed by atoms with van der Waals surface area (Å²) in [5.74, 6) is -0.462. The summed E-state index contributed by atoms with van der Waals surface area (Å²) < 4.78 is 1.53. The lowest BCUT2D eigenvalue weighted by molar-refractivity contribution is -0.139. The zero-order valence-electron chi connectivity index (χ0n) is 9.96. The van der Waals surface area contributed by atoms with Gasteiger partial charge in [0, 0.05) is 7.05 Å². The maximum absolute atomic E-state index is 11.5. The Morgan fingerprint density at radius 2 is 2.33 bits per heavy atom. The van der Waals surface area contributed by atoms with E-state index in [-0.39, 0.29) is 12.5 Å². The monoisotopic (exact) mass is 253 g/mol. The largest absolute Gasteiger partial charge is 0.480 e. The fourth-order valence-corrected chi connectivity index (χ4v) is 1.63. The zero-order chi connectivity index (χ0) is 13.1. The second-order valence-corrected chi connectivity index (χ2v) is 4.31. The number of aromatic nitrogens is 3. The highest BCUT2D eigenvalue weighted by Gasteiger charge is 2.37. The third kappa shape index (κ3) is 3.19. The molecule has 1 unspecified atom stereocenters. The molecule has 0 bridgehead atoms. The highest BCUT2D eigenvalue weighted by Crippen LogP contribution is 2.32. The molecule has 1 saturated carbocycles. The second-order valence-electron chi connectivity index (χ2n) is 4.31.